The van der Waals surface area contributed by atoms with Gasteiger partial charge in [-0.25, -0.2) is 0 Å². The summed E-state index contributed by atoms with van der Waals surface area (Å²) in [5.74, 6) is 0. The third kappa shape index (κ3) is 6.70. The number of hydrogen-bond donors (Lipinski definition) is 5. The zero-order chi connectivity index (χ0) is 12.9. The monoisotopic (exact) mass is 279 g/mol. The first-order valence-electron chi connectivity index (χ1n) is 4.25. The molecule has 1 aliphatic rings. The Balaban J connectivity index is 0. The van der Waals surface area contributed by atoms with Crippen LogP contribution in [0, 0.1) is 0 Å². The summed E-state index contributed by atoms with van der Waals surface area (Å²) in [6, 6.07) is -1.04. The van der Waals surface area contributed by atoms with E-state index in [4.69, 9.17) is 35.7 Å². The number of ether oxygens (including phenoxy) is 1. The summed E-state index contributed by atoms with van der Waals surface area (Å²) in [5, 5.41) is 52.7. The Morgan fingerprint density at radius 2 is 1.65 bits per heavy atom. The minimum Gasteiger partial charge on any atom is -0.652 e. The fraction of sp³-hybridized carbons (Fsp3) is 0.857. The molecule has 0 bridgehead atoms. The summed E-state index contributed by atoms with van der Waals surface area (Å²) in [5.41, 5.74) is 5.26. The molecule has 5 atom stereocenters. The quantitative estimate of drug-likeness (QED) is 0.292. The van der Waals surface area contributed by atoms with Gasteiger partial charge in [-0.2, -0.15) is 0 Å². The molecule has 0 aromatic heterocycles. The molecular formula is C7H13CaNO8. The van der Waals surface area contributed by atoms with E-state index in [1.807, 2.05) is 0 Å². The van der Waals surface area contributed by atoms with Crippen molar-refractivity contribution in [2.45, 2.75) is 30.6 Å². The van der Waals surface area contributed by atoms with Crippen molar-refractivity contribution < 1.29 is 40.2 Å². The Morgan fingerprint density at radius 3 is 2.00 bits per heavy atom. The molecule has 0 aromatic rings. The van der Waals surface area contributed by atoms with Crippen molar-refractivity contribution in [3.63, 3.8) is 0 Å². The molecule has 10 heteroatoms. The minimum absolute atomic E-state index is 0. The molecule has 0 spiro atoms. The molecule has 0 aliphatic carbocycles. The van der Waals surface area contributed by atoms with Crippen LogP contribution in [0.3, 0.4) is 0 Å². The van der Waals surface area contributed by atoms with E-state index < -0.39 is 43.4 Å². The number of nitrogens with two attached hydrogens (primary N) is 1. The number of carbonyl (C=O) groups excluding carboxylic acids is 1. The van der Waals surface area contributed by atoms with E-state index in [1.165, 1.54) is 0 Å². The van der Waals surface area contributed by atoms with Gasteiger partial charge < -0.3 is 45.9 Å². The summed E-state index contributed by atoms with van der Waals surface area (Å²) in [6.07, 6.45) is -7.19. The number of carboxylic acid groups (broad SMARTS) is 2. The predicted molar refractivity (Wildman–Crippen MR) is 49.1 cm³/mol. The van der Waals surface area contributed by atoms with E-state index in [2.05, 4.69) is 0 Å². The van der Waals surface area contributed by atoms with Crippen LogP contribution in [0.4, 0.5) is 4.79 Å². The van der Waals surface area contributed by atoms with Crippen molar-refractivity contribution >= 4 is 43.9 Å². The van der Waals surface area contributed by atoms with Crippen molar-refractivity contribution in [1.82, 2.24) is 0 Å². The summed E-state index contributed by atoms with van der Waals surface area (Å²) in [7, 11) is 0. The van der Waals surface area contributed by atoms with Gasteiger partial charge in [0, 0.05) is 0 Å². The molecule has 17 heavy (non-hydrogen) atoms. The second-order valence-electron chi connectivity index (χ2n) is 3.06. The molecule has 1 rings (SSSR count). The summed E-state index contributed by atoms with van der Waals surface area (Å²) in [4.78, 5) is 8.33. The van der Waals surface area contributed by atoms with Crippen molar-refractivity contribution in [3.05, 3.63) is 0 Å². The Bertz CT molecular complexity index is 221. The third-order valence-corrected chi connectivity index (χ3v) is 1.95. The van der Waals surface area contributed by atoms with E-state index in [9.17, 15) is 10.2 Å². The van der Waals surface area contributed by atoms with Crippen molar-refractivity contribution in [3.8, 4) is 0 Å². The van der Waals surface area contributed by atoms with Gasteiger partial charge in [-0.3, -0.25) is 0 Å². The predicted octanol–water partition coefficient (Wildman–Crippen LogP) is -6.08. The Kier molecular flexibility index (Phi) is 10.7. The second-order valence-corrected chi connectivity index (χ2v) is 3.06. The summed E-state index contributed by atoms with van der Waals surface area (Å²) < 4.78 is 4.70. The molecule has 1 saturated heterocycles. The van der Waals surface area contributed by atoms with Crippen molar-refractivity contribution in [2.75, 3.05) is 6.61 Å². The summed E-state index contributed by atoms with van der Waals surface area (Å²) in [6.45, 7) is -0.470. The maximum Gasteiger partial charge on any atom is 2.00 e. The third-order valence-electron chi connectivity index (χ3n) is 1.95. The van der Waals surface area contributed by atoms with Crippen LogP contribution in [0.15, 0.2) is 0 Å². The van der Waals surface area contributed by atoms with Crippen LogP contribution in [0.1, 0.15) is 0 Å². The molecular weight excluding hydrogens is 266 g/mol. The normalized spacial score (nSPS) is 36.2. The van der Waals surface area contributed by atoms with Gasteiger partial charge in [0.1, 0.15) is 18.3 Å². The second kappa shape index (κ2) is 9.25. The number of aliphatic hydroxyl groups is 4. The van der Waals surface area contributed by atoms with Gasteiger partial charge in [0.15, 0.2) is 6.29 Å². The van der Waals surface area contributed by atoms with Gasteiger partial charge in [0.05, 0.1) is 12.6 Å². The Hall–Kier alpha value is 0.290. The average molecular weight is 279 g/mol. The average Bonchev–Trinajstić information content (AvgIpc) is 2.19. The van der Waals surface area contributed by atoms with Crippen LogP contribution in [-0.4, -0.2) is 102 Å². The first-order valence-corrected chi connectivity index (χ1v) is 4.25. The zero-order valence-electron chi connectivity index (χ0n) is 8.80. The van der Waals surface area contributed by atoms with Gasteiger partial charge in [0.2, 0.25) is 0 Å². The molecule has 0 saturated carbocycles. The Labute approximate surface area is 126 Å². The van der Waals surface area contributed by atoms with E-state index >= 15 is 0 Å². The summed E-state index contributed by atoms with van der Waals surface area (Å²) >= 11 is 0. The first kappa shape index (κ1) is 19.6. The van der Waals surface area contributed by atoms with Crippen LogP contribution >= 0.6 is 0 Å². The maximum atomic E-state index is 9.20. The largest absolute Gasteiger partial charge is 2.00 e. The minimum atomic E-state index is -2.33. The topological polar surface area (TPSA) is 179 Å². The van der Waals surface area contributed by atoms with Gasteiger partial charge >= 0.3 is 37.7 Å². The molecule has 1 heterocycles. The fourth-order valence-corrected chi connectivity index (χ4v) is 1.12. The smallest absolute Gasteiger partial charge is 0.652 e. The standard InChI is InChI=1S/C6H13NO5.CH2O3.Ca/c7-3-5(10)4(9)2(1-8)12-6(3)11;2-1(3)4;/h2-6,8-11H,1,7H2;(H2,2,3,4);/q;;+2/p-2/t2-,3-,4-,5-,6?;;/m1../s1. The van der Waals surface area contributed by atoms with E-state index in [-0.39, 0.29) is 37.7 Å². The molecule has 1 aliphatic heterocycles. The molecule has 1 fully saturated rings. The fourth-order valence-electron chi connectivity index (χ4n) is 1.12. The molecule has 6 N–H and O–H groups in total. The van der Waals surface area contributed by atoms with E-state index in [0.29, 0.717) is 0 Å². The zero-order valence-corrected chi connectivity index (χ0v) is 11.0. The van der Waals surface area contributed by atoms with Crippen LogP contribution in [-0.2, 0) is 4.74 Å². The first-order chi connectivity index (χ1) is 7.31. The Morgan fingerprint density at radius 1 is 1.24 bits per heavy atom. The van der Waals surface area contributed by atoms with E-state index in [1.54, 1.807) is 0 Å². The number of hydrogen-bond acceptors (Lipinski definition) is 9. The maximum absolute atomic E-state index is 9.20. The molecule has 0 amide bonds. The van der Waals surface area contributed by atoms with Gasteiger partial charge in [-0.1, -0.05) is 0 Å². The van der Waals surface area contributed by atoms with Gasteiger partial charge in [-0.15, -0.1) is 0 Å². The van der Waals surface area contributed by atoms with Crippen LogP contribution < -0.4 is 15.9 Å². The number of aliphatic hydroxyl groups excluding tert-OH is 4. The molecule has 0 aromatic carbocycles. The number of carbonyl (C=O) groups is 1. The molecule has 1 unspecified atom stereocenters. The van der Waals surface area contributed by atoms with Crippen LogP contribution in [0.2, 0.25) is 0 Å². The SMILES string of the molecule is N[C@H]1C(O)O[C@H](CO)[C@@H](O)[C@@H]1O.O=C([O-])[O-].[Ca+2]. The van der Waals surface area contributed by atoms with Crippen molar-refractivity contribution in [1.29, 1.82) is 0 Å². The van der Waals surface area contributed by atoms with Crippen LogP contribution in [0.5, 0.6) is 0 Å². The van der Waals surface area contributed by atoms with E-state index in [0.717, 1.165) is 0 Å². The molecule has 96 valence electrons. The number of rotatable bonds is 1. The van der Waals surface area contributed by atoms with Gasteiger partial charge in [-0.05, 0) is 6.16 Å². The molecule has 0 radical (unpaired) electrons. The van der Waals surface area contributed by atoms with Gasteiger partial charge in [0.25, 0.3) is 0 Å². The van der Waals surface area contributed by atoms with Crippen LogP contribution in [0.25, 0.3) is 0 Å². The molecule has 9 nitrogen and oxygen atoms in total. The van der Waals surface area contributed by atoms with Crippen molar-refractivity contribution in [2.24, 2.45) is 5.73 Å².